The molecule has 0 spiro atoms. The molecule has 2 N–H and O–H groups in total. The van der Waals surface area contributed by atoms with Gasteiger partial charge in [-0.15, -0.1) is 0 Å². The molecule has 5 nitrogen and oxygen atoms in total. The van der Waals surface area contributed by atoms with Gasteiger partial charge in [0.05, 0.1) is 17.6 Å². The van der Waals surface area contributed by atoms with Crippen LogP contribution in [-0.2, 0) is 10.9 Å². The highest BCUT2D eigenvalue weighted by Gasteiger charge is 2.35. The Balaban J connectivity index is 2.14. The third-order valence-electron chi connectivity index (χ3n) is 3.45. The Morgan fingerprint density at radius 2 is 2.00 bits per heavy atom. The van der Waals surface area contributed by atoms with Gasteiger partial charge in [-0.1, -0.05) is 0 Å². The molecule has 8 heteroatoms. The second-order valence-electron chi connectivity index (χ2n) is 4.78. The molecule has 0 radical (unpaired) electrons. The van der Waals surface area contributed by atoms with Crippen LogP contribution in [0.2, 0.25) is 0 Å². The zero-order valence-corrected chi connectivity index (χ0v) is 10.5. The molecule has 20 heavy (non-hydrogen) atoms. The molecular formula is C12H13F3N4O. The summed E-state index contributed by atoms with van der Waals surface area (Å²) in [6.45, 7) is 1.14. The van der Waals surface area contributed by atoms with Crippen molar-refractivity contribution in [3.05, 3.63) is 23.7 Å². The molecule has 2 aromatic heterocycles. The van der Waals surface area contributed by atoms with E-state index in [1.807, 2.05) is 0 Å². The van der Waals surface area contributed by atoms with E-state index >= 15 is 0 Å². The maximum Gasteiger partial charge on any atom is 0.435 e. The number of ether oxygens (including phenoxy) is 1. The first-order valence-electron chi connectivity index (χ1n) is 6.26. The molecule has 0 aromatic carbocycles. The molecule has 0 saturated carbocycles. The van der Waals surface area contributed by atoms with Crippen LogP contribution in [-0.4, -0.2) is 27.8 Å². The van der Waals surface area contributed by atoms with Gasteiger partial charge in [-0.3, -0.25) is 0 Å². The van der Waals surface area contributed by atoms with Crippen LogP contribution in [0.3, 0.4) is 0 Å². The van der Waals surface area contributed by atoms with Gasteiger partial charge in [0.15, 0.2) is 11.3 Å². The van der Waals surface area contributed by atoms with E-state index in [4.69, 9.17) is 10.5 Å². The fraction of sp³-hybridized carbons (Fsp3) is 0.500. The number of nitrogen functional groups attached to an aromatic ring is 1. The van der Waals surface area contributed by atoms with Gasteiger partial charge in [-0.25, -0.2) is 9.50 Å². The van der Waals surface area contributed by atoms with Gasteiger partial charge in [0, 0.05) is 25.2 Å². The Labute approximate surface area is 112 Å². The largest absolute Gasteiger partial charge is 0.435 e. The van der Waals surface area contributed by atoms with E-state index < -0.39 is 11.9 Å². The van der Waals surface area contributed by atoms with Crippen LogP contribution in [0, 0.1) is 0 Å². The summed E-state index contributed by atoms with van der Waals surface area (Å²) < 4.78 is 44.7. The van der Waals surface area contributed by atoms with Crippen molar-refractivity contribution in [3.8, 4) is 0 Å². The standard InChI is InChI=1S/C12H13F3N4O/c13-12(14,15)9-5-10-17-6-8(16)11(19(10)18-9)7-1-3-20-4-2-7/h5-7H,1-4,16H2. The SMILES string of the molecule is Nc1cnc2cc(C(F)(F)F)nn2c1C1CCOCC1. The Morgan fingerprint density at radius 3 is 2.65 bits per heavy atom. The maximum atomic E-state index is 12.7. The zero-order valence-electron chi connectivity index (χ0n) is 10.5. The van der Waals surface area contributed by atoms with Crippen LogP contribution in [0.25, 0.3) is 5.65 Å². The molecule has 1 aliphatic rings. The van der Waals surface area contributed by atoms with Crippen molar-refractivity contribution in [1.82, 2.24) is 14.6 Å². The molecule has 3 heterocycles. The maximum absolute atomic E-state index is 12.7. The van der Waals surface area contributed by atoms with E-state index in [1.165, 1.54) is 10.7 Å². The van der Waals surface area contributed by atoms with E-state index in [0.29, 0.717) is 37.4 Å². The quantitative estimate of drug-likeness (QED) is 0.873. The van der Waals surface area contributed by atoms with Gasteiger partial charge in [-0.05, 0) is 12.8 Å². The lowest BCUT2D eigenvalue weighted by molar-refractivity contribution is -0.141. The zero-order chi connectivity index (χ0) is 14.3. The van der Waals surface area contributed by atoms with Crippen LogP contribution >= 0.6 is 0 Å². The average molecular weight is 286 g/mol. The summed E-state index contributed by atoms with van der Waals surface area (Å²) in [4.78, 5) is 3.91. The van der Waals surface area contributed by atoms with Crippen LogP contribution in [0.1, 0.15) is 30.1 Å². The van der Waals surface area contributed by atoms with Gasteiger partial charge in [0.2, 0.25) is 0 Å². The van der Waals surface area contributed by atoms with Crippen LogP contribution in [0.15, 0.2) is 12.3 Å². The monoisotopic (exact) mass is 286 g/mol. The Kier molecular flexibility index (Phi) is 3.04. The normalized spacial score (nSPS) is 17.8. The van der Waals surface area contributed by atoms with Gasteiger partial charge in [-0.2, -0.15) is 18.3 Å². The lowest BCUT2D eigenvalue weighted by Crippen LogP contribution is -2.19. The lowest BCUT2D eigenvalue weighted by Gasteiger charge is -2.23. The predicted molar refractivity (Wildman–Crippen MR) is 65.2 cm³/mol. The summed E-state index contributed by atoms with van der Waals surface area (Å²) in [5, 5.41) is 3.63. The fourth-order valence-corrected chi connectivity index (χ4v) is 2.48. The van der Waals surface area contributed by atoms with Crippen molar-refractivity contribution < 1.29 is 17.9 Å². The van der Waals surface area contributed by atoms with Gasteiger partial charge >= 0.3 is 6.18 Å². The third kappa shape index (κ3) is 2.20. The number of halogens is 3. The highest BCUT2D eigenvalue weighted by atomic mass is 19.4. The molecular weight excluding hydrogens is 273 g/mol. The second-order valence-corrected chi connectivity index (χ2v) is 4.78. The first-order valence-corrected chi connectivity index (χ1v) is 6.26. The van der Waals surface area contributed by atoms with Crippen LogP contribution < -0.4 is 5.73 Å². The van der Waals surface area contributed by atoms with E-state index in [1.54, 1.807) is 0 Å². The number of anilines is 1. The number of rotatable bonds is 1. The molecule has 2 aromatic rings. The summed E-state index contributed by atoms with van der Waals surface area (Å²) in [6, 6.07) is 0.933. The van der Waals surface area contributed by atoms with Crippen molar-refractivity contribution in [3.63, 3.8) is 0 Å². The Bertz CT molecular complexity index is 631. The summed E-state index contributed by atoms with van der Waals surface area (Å²) in [6.07, 6.45) is -1.67. The highest BCUT2D eigenvalue weighted by Crippen LogP contribution is 2.33. The lowest BCUT2D eigenvalue weighted by atomic mass is 9.95. The first-order chi connectivity index (χ1) is 9.47. The van der Waals surface area contributed by atoms with E-state index in [0.717, 1.165) is 6.07 Å². The van der Waals surface area contributed by atoms with Crippen molar-refractivity contribution in [2.45, 2.75) is 24.9 Å². The number of aromatic nitrogens is 3. The second kappa shape index (κ2) is 4.62. The number of nitrogens with zero attached hydrogens (tertiary/aromatic N) is 3. The number of fused-ring (bicyclic) bond motifs is 1. The average Bonchev–Trinajstić information content (AvgIpc) is 2.83. The van der Waals surface area contributed by atoms with Gasteiger partial charge < -0.3 is 10.5 Å². The first kappa shape index (κ1) is 13.2. The van der Waals surface area contributed by atoms with Crippen molar-refractivity contribution >= 4 is 11.3 Å². The van der Waals surface area contributed by atoms with Gasteiger partial charge in [0.1, 0.15) is 0 Å². The van der Waals surface area contributed by atoms with Crippen molar-refractivity contribution in [1.29, 1.82) is 0 Å². The van der Waals surface area contributed by atoms with E-state index in [-0.39, 0.29) is 11.6 Å². The number of nitrogens with two attached hydrogens (primary N) is 1. The Hall–Kier alpha value is -1.83. The van der Waals surface area contributed by atoms with Crippen molar-refractivity contribution in [2.24, 2.45) is 0 Å². The molecule has 108 valence electrons. The smallest absolute Gasteiger partial charge is 0.396 e. The number of alkyl halides is 3. The summed E-state index contributed by atoms with van der Waals surface area (Å²) >= 11 is 0. The van der Waals surface area contributed by atoms with E-state index in [9.17, 15) is 13.2 Å². The minimum absolute atomic E-state index is 0.0373. The topological polar surface area (TPSA) is 65.4 Å². The predicted octanol–water partition coefficient (Wildman–Crippen LogP) is 2.22. The summed E-state index contributed by atoms with van der Waals surface area (Å²) in [5.41, 5.74) is 6.05. The number of hydrogen-bond acceptors (Lipinski definition) is 4. The number of hydrogen-bond donors (Lipinski definition) is 1. The molecule has 0 bridgehead atoms. The fourth-order valence-electron chi connectivity index (χ4n) is 2.48. The third-order valence-corrected chi connectivity index (χ3v) is 3.45. The molecule has 0 aliphatic carbocycles. The van der Waals surface area contributed by atoms with Crippen LogP contribution in [0.4, 0.5) is 18.9 Å². The summed E-state index contributed by atoms with van der Waals surface area (Å²) in [5.74, 6) is 0.0373. The molecule has 0 atom stereocenters. The van der Waals surface area contributed by atoms with Crippen LogP contribution in [0.5, 0.6) is 0 Å². The minimum atomic E-state index is -4.49. The van der Waals surface area contributed by atoms with E-state index in [2.05, 4.69) is 10.1 Å². The summed E-state index contributed by atoms with van der Waals surface area (Å²) in [7, 11) is 0. The highest BCUT2D eigenvalue weighted by molar-refractivity contribution is 5.51. The molecule has 0 unspecified atom stereocenters. The van der Waals surface area contributed by atoms with Gasteiger partial charge in [0.25, 0.3) is 0 Å². The molecule has 1 fully saturated rings. The molecule has 3 rings (SSSR count). The minimum Gasteiger partial charge on any atom is -0.396 e. The Morgan fingerprint density at radius 1 is 1.30 bits per heavy atom. The molecule has 0 amide bonds. The molecule has 1 aliphatic heterocycles. The van der Waals surface area contributed by atoms with Crippen molar-refractivity contribution in [2.75, 3.05) is 18.9 Å². The molecule has 1 saturated heterocycles.